The predicted molar refractivity (Wildman–Crippen MR) is 145 cm³/mol. The summed E-state index contributed by atoms with van der Waals surface area (Å²) >= 11 is 6.18. The maximum Gasteiger partial charge on any atom is 0.243 e. The fourth-order valence-corrected chi connectivity index (χ4v) is 8.12. The second-order valence-electron chi connectivity index (χ2n) is 9.50. The smallest absolute Gasteiger partial charge is 0.243 e. The summed E-state index contributed by atoms with van der Waals surface area (Å²) in [4.78, 5) is 13.1. The SMILES string of the molecule is CCOc1ccc(S(=O)(=O)N2CCC(C(=O)NCCc3ccc(S(=O)(=O)N4CCCC4)cc3)CC2)cc1Cl. The molecule has 0 unspecified atom stereocenters. The third-order valence-electron chi connectivity index (χ3n) is 7.00. The number of rotatable bonds is 10. The van der Waals surface area contributed by atoms with Gasteiger partial charge in [0.1, 0.15) is 5.75 Å². The summed E-state index contributed by atoms with van der Waals surface area (Å²) in [5.74, 6) is 0.0734. The molecule has 4 rings (SSSR count). The number of benzene rings is 2. The molecule has 0 radical (unpaired) electrons. The van der Waals surface area contributed by atoms with Crippen molar-refractivity contribution in [1.29, 1.82) is 0 Å². The highest BCUT2D eigenvalue weighted by atomic mass is 35.5. The zero-order valence-electron chi connectivity index (χ0n) is 21.4. The van der Waals surface area contributed by atoms with Crippen molar-refractivity contribution in [3.05, 3.63) is 53.1 Å². The Bertz CT molecular complexity index is 1340. The van der Waals surface area contributed by atoms with Crippen LogP contribution < -0.4 is 10.1 Å². The Balaban J connectivity index is 1.24. The van der Waals surface area contributed by atoms with E-state index in [1.54, 1.807) is 30.3 Å². The molecule has 0 aliphatic carbocycles. The Hall–Kier alpha value is -2.18. The molecule has 2 aliphatic heterocycles. The Labute approximate surface area is 230 Å². The van der Waals surface area contributed by atoms with Crippen LogP contribution >= 0.6 is 11.6 Å². The molecule has 2 heterocycles. The van der Waals surface area contributed by atoms with Gasteiger partial charge in [-0.05, 0) is 74.9 Å². The number of amides is 1. The number of piperidine rings is 1. The highest BCUT2D eigenvalue weighted by Crippen LogP contribution is 2.30. The van der Waals surface area contributed by atoms with Crippen molar-refractivity contribution >= 4 is 37.6 Å². The molecular formula is C26H34ClN3O6S2. The number of sulfonamides is 2. The van der Waals surface area contributed by atoms with Crippen molar-refractivity contribution in [2.75, 3.05) is 39.3 Å². The first-order valence-corrected chi connectivity index (χ1v) is 16.2. The van der Waals surface area contributed by atoms with Crippen molar-refractivity contribution in [1.82, 2.24) is 13.9 Å². The summed E-state index contributed by atoms with van der Waals surface area (Å²) in [6, 6.07) is 11.3. The van der Waals surface area contributed by atoms with E-state index in [4.69, 9.17) is 16.3 Å². The molecule has 0 saturated carbocycles. The van der Waals surface area contributed by atoms with Crippen LogP contribution in [0.15, 0.2) is 52.3 Å². The van der Waals surface area contributed by atoms with Gasteiger partial charge < -0.3 is 10.1 Å². The fraction of sp³-hybridized carbons (Fsp3) is 0.500. The molecule has 2 aliphatic rings. The van der Waals surface area contributed by atoms with Crippen LogP contribution in [0.3, 0.4) is 0 Å². The highest BCUT2D eigenvalue weighted by molar-refractivity contribution is 7.89. The van der Waals surface area contributed by atoms with E-state index in [0.717, 1.165) is 18.4 Å². The van der Waals surface area contributed by atoms with E-state index in [-0.39, 0.29) is 34.8 Å². The summed E-state index contributed by atoms with van der Waals surface area (Å²) in [6.07, 6.45) is 3.21. The number of nitrogens with zero attached hydrogens (tertiary/aromatic N) is 2. The minimum atomic E-state index is -3.72. The van der Waals surface area contributed by atoms with Crippen molar-refractivity contribution in [2.24, 2.45) is 5.92 Å². The summed E-state index contributed by atoms with van der Waals surface area (Å²) in [6.45, 7) is 4.30. The van der Waals surface area contributed by atoms with Gasteiger partial charge in [-0.3, -0.25) is 4.79 Å². The van der Waals surface area contributed by atoms with Crippen molar-refractivity contribution < 1.29 is 26.4 Å². The van der Waals surface area contributed by atoms with Crippen LogP contribution in [0.1, 0.15) is 38.2 Å². The van der Waals surface area contributed by atoms with Crippen molar-refractivity contribution in [3.8, 4) is 5.75 Å². The van der Waals surface area contributed by atoms with Gasteiger partial charge >= 0.3 is 0 Å². The van der Waals surface area contributed by atoms with E-state index in [9.17, 15) is 21.6 Å². The standard InChI is InChI=1S/C26H34ClN3O6S2/c1-2-36-25-10-9-23(19-24(25)27)38(34,35)30-17-12-21(13-18-30)26(31)28-14-11-20-5-7-22(8-6-20)37(32,33)29-15-3-4-16-29/h5-10,19,21H,2-4,11-18H2,1H3,(H,28,31). The molecule has 1 N–H and O–H groups in total. The number of hydrogen-bond donors (Lipinski definition) is 1. The number of carbonyl (C=O) groups excluding carboxylic acids is 1. The van der Waals surface area contributed by atoms with Gasteiger partial charge in [-0.2, -0.15) is 8.61 Å². The lowest BCUT2D eigenvalue weighted by Gasteiger charge is -2.30. The minimum absolute atomic E-state index is 0.0978. The number of carbonyl (C=O) groups is 1. The second kappa shape index (κ2) is 12.3. The van der Waals surface area contributed by atoms with Gasteiger partial charge in [-0.15, -0.1) is 0 Å². The van der Waals surface area contributed by atoms with Crippen LogP contribution in [0.25, 0.3) is 0 Å². The molecule has 0 spiro atoms. The average molecular weight is 584 g/mol. The zero-order valence-corrected chi connectivity index (χ0v) is 23.8. The van der Waals surface area contributed by atoms with E-state index >= 15 is 0 Å². The predicted octanol–water partition coefficient (Wildman–Crippen LogP) is 3.28. The van der Waals surface area contributed by atoms with Gasteiger partial charge in [-0.1, -0.05) is 23.7 Å². The molecule has 2 aromatic carbocycles. The van der Waals surface area contributed by atoms with Gasteiger partial charge in [0.2, 0.25) is 26.0 Å². The third-order valence-corrected chi connectivity index (χ3v) is 11.1. The first-order chi connectivity index (χ1) is 18.1. The number of halogens is 1. The molecule has 208 valence electrons. The Morgan fingerprint density at radius 2 is 1.50 bits per heavy atom. The topological polar surface area (TPSA) is 113 Å². The lowest BCUT2D eigenvalue weighted by atomic mass is 9.97. The van der Waals surface area contributed by atoms with Gasteiger partial charge in [0.25, 0.3) is 0 Å². The Kier molecular flexibility index (Phi) is 9.36. The monoisotopic (exact) mass is 583 g/mol. The molecule has 0 aromatic heterocycles. The van der Waals surface area contributed by atoms with Gasteiger partial charge in [0.05, 0.1) is 21.4 Å². The summed E-state index contributed by atoms with van der Waals surface area (Å²) < 4.78 is 59.7. The lowest BCUT2D eigenvalue weighted by molar-refractivity contribution is -0.126. The van der Waals surface area contributed by atoms with Crippen LogP contribution in [0.4, 0.5) is 0 Å². The molecular weight excluding hydrogens is 550 g/mol. The molecule has 38 heavy (non-hydrogen) atoms. The maximum absolute atomic E-state index is 13.1. The van der Waals surface area contributed by atoms with Gasteiger partial charge in [-0.25, -0.2) is 16.8 Å². The van der Waals surface area contributed by atoms with Crippen molar-refractivity contribution in [2.45, 2.75) is 48.8 Å². The molecule has 0 atom stereocenters. The van der Waals surface area contributed by atoms with E-state index in [1.807, 2.05) is 6.92 Å². The second-order valence-corrected chi connectivity index (χ2v) is 13.8. The van der Waals surface area contributed by atoms with E-state index in [1.165, 1.54) is 20.7 Å². The van der Waals surface area contributed by atoms with Crippen LogP contribution in [-0.2, 0) is 31.3 Å². The highest BCUT2D eigenvalue weighted by Gasteiger charge is 2.32. The fourth-order valence-electron chi connectivity index (χ4n) is 4.80. The van der Waals surface area contributed by atoms with Gasteiger partial charge in [0.15, 0.2) is 0 Å². The number of nitrogens with one attached hydrogen (secondary N) is 1. The molecule has 9 nitrogen and oxygen atoms in total. The van der Waals surface area contributed by atoms with Crippen LogP contribution in [0.2, 0.25) is 5.02 Å². The molecule has 1 amide bonds. The zero-order chi connectivity index (χ0) is 27.3. The Morgan fingerprint density at radius 3 is 2.11 bits per heavy atom. The van der Waals surface area contributed by atoms with E-state index in [0.29, 0.717) is 56.1 Å². The van der Waals surface area contributed by atoms with Crippen LogP contribution in [0, 0.1) is 5.92 Å². The van der Waals surface area contributed by atoms with E-state index in [2.05, 4.69) is 5.32 Å². The largest absolute Gasteiger partial charge is 0.492 e. The third kappa shape index (κ3) is 6.51. The van der Waals surface area contributed by atoms with Crippen LogP contribution in [-0.4, -0.2) is 70.7 Å². The average Bonchev–Trinajstić information content (AvgIpc) is 3.46. The summed E-state index contributed by atoms with van der Waals surface area (Å²) in [5, 5.41) is 3.18. The summed E-state index contributed by atoms with van der Waals surface area (Å²) in [7, 11) is -7.16. The van der Waals surface area contributed by atoms with Crippen molar-refractivity contribution in [3.63, 3.8) is 0 Å². The minimum Gasteiger partial charge on any atom is -0.492 e. The number of ether oxygens (including phenoxy) is 1. The molecule has 12 heteroatoms. The summed E-state index contributed by atoms with van der Waals surface area (Å²) in [5.41, 5.74) is 0.931. The molecule has 2 aromatic rings. The quantitative estimate of drug-likeness (QED) is 0.459. The van der Waals surface area contributed by atoms with E-state index < -0.39 is 20.0 Å². The maximum atomic E-state index is 13.1. The molecule has 0 bridgehead atoms. The normalized spacial score (nSPS) is 17.9. The first kappa shape index (κ1) is 28.8. The molecule has 2 fully saturated rings. The first-order valence-electron chi connectivity index (χ1n) is 12.9. The van der Waals surface area contributed by atoms with Crippen LogP contribution in [0.5, 0.6) is 5.75 Å². The van der Waals surface area contributed by atoms with Gasteiger partial charge in [0, 0.05) is 38.6 Å². The Morgan fingerprint density at radius 1 is 0.921 bits per heavy atom. The molecule has 2 saturated heterocycles. The number of hydrogen-bond acceptors (Lipinski definition) is 6. The lowest BCUT2D eigenvalue weighted by Crippen LogP contribution is -2.43.